The van der Waals surface area contributed by atoms with Crippen LogP contribution < -0.4 is 10.6 Å². The van der Waals surface area contributed by atoms with E-state index >= 15 is 0 Å². The first-order chi connectivity index (χ1) is 13.7. The Kier molecular flexibility index (Phi) is 5.92. The van der Waals surface area contributed by atoms with Gasteiger partial charge in [0.2, 0.25) is 11.8 Å². The van der Waals surface area contributed by atoms with Crippen molar-refractivity contribution < 1.29 is 27.6 Å². The van der Waals surface area contributed by atoms with Crippen molar-refractivity contribution in [3.05, 3.63) is 46.1 Å². The molecular formula is C19H18F3N3O3S. The molecule has 0 radical (unpaired) electrons. The number of hydrogen-bond donors (Lipinski definition) is 2. The standard InChI is InChI=1S/C19H18F3N3O3S/c1-9-7-14(24-18(27)10-3-4-10)29-17(9)19(28)25(2)8-13(26)23-12-6-5-11(20)15(21)16(12)22/h5-7,10H,3-4,8H2,1-2H3,(H,23,26)(H,24,27). The maximum Gasteiger partial charge on any atom is 0.264 e. The molecule has 1 aromatic carbocycles. The van der Waals surface area contributed by atoms with Crippen LogP contribution in [-0.2, 0) is 9.59 Å². The molecule has 0 aliphatic heterocycles. The van der Waals surface area contributed by atoms with Gasteiger partial charge >= 0.3 is 0 Å². The van der Waals surface area contributed by atoms with Gasteiger partial charge in [-0.05, 0) is 43.5 Å². The van der Waals surface area contributed by atoms with Crippen LogP contribution in [0.3, 0.4) is 0 Å². The smallest absolute Gasteiger partial charge is 0.264 e. The number of aryl methyl sites for hydroxylation is 1. The van der Waals surface area contributed by atoms with Gasteiger partial charge in [-0.2, -0.15) is 0 Å². The van der Waals surface area contributed by atoms with Crippen LogP contribution >= 0.6 is 11.3 Å². The molecule has 2 aromatic rings. The second-order valence-corrected chi connectivity index (χ2v) is 7.87. The highest BCUT2D eigenvalue weighted by Gasteiger charge is 2.30. The molecule has 154 valence electrons. The Bertz CT molecular complexity index is 989. The van der Waals surface area contributed by atoms with Gasteiger partial charge in [-0.15, -0.1) is 11.3 Å². The van der Waals surface area contributed by atoms with Crippen LogP contribution in [0.1, 0.15) is 28.1 Å². The van der Waals surface area contributed by atoms with Crippen molar-refractivity contribution in [2.45, 2.75) is 19.8 Å². The van der Waals surface area contributed by atoms with Crippen molar-refractivity contribution in [3.8, 4) is 0 Å². The highest BCUT2D eigenvalue weighted by molar-refractivity contribution is 7.18. The van der Waals surface area contributed by atoms with E-state index in [-0.39, 0.29) is 11.8 Å². The van der Waals surface area contributed by atoms with E-state index in [4.69, 9.17) is 0 Å². The monoisotopic (exact) mass is 425 g/mol. The number of rotatable bonds is 6. The number of hydrogen-bond acceptors (Lipinski definition) is 4. The summed E-state index contributed by atoms with van der Waals surface area (Å²) in [6, 6.07) is 3.27. The van der Waals surface area contributed by atoms with E-state index in [1.54, 1.807) is 13.0 Å². The quantitative estimate of drug-likeness (QED) is 0.695. The zero-order valence-electron chi connectivity index (χ0n) is 15.6. The predicted octanol–water partition coefficient (Wildman–Crippen LogP) is 3.53. The number of nitrogens with one attached hydrogen (secondary N) is 2. The van der Waals surface area contributed by atoms with Crippen molar-refractivity contribution >= 4 is 39.7 Å². The highest BCUT2D eigenvalue weighted by atomic mass is 32.1. The number of thiophene rings is 1. The van der Waals surface area contributed by atoms with Crippen LogP contribution in [-0.4, -0.2) is 36.2 Å². The highest BCUT2D eigenvalue weighted by Crippen LogP contribution is 2.33. The van der Waals surface area contributed by atoms with E-state index in [2.05, 4.69) is 10.6 Å². The Morgan fingerprint density at radius 3 is 2.48 bits per heavy atom. The van der Waals surface area contributed by atoms with Crippen molar-refractivity contribution in [3.63, 3.8) is 0 Å². The Hall–Kier alpha value is -2.88. The summed E-state index contributed by atoms with van der Waals surface area (Å²) in [6.45, 7) is 1.28. The minimum absolute atomic E-state index is 0.0274. The largest absolute Gasteiger partial charge is 0.332 e. The molecule has 6 nitrogen and oxygen atoms in total. The summed E-state index contributed by atoms with van der Waals surface area (Å²) < 4.78 is 39.9. The third kappa shape index (κ3) is 4.76. The molecule has 3 amide bonds. The fraction of sp³-hybridized carbons (Fsp3) is 0.316. The Balaban J connectivity index is 1.63. The van der Waals surface area contributed by atoms with Crippen LogP contribution in [0.5, 0.6) is 0 Å². The second-order valence-electron chi connectivity index (χ2n) is 6.82. The summed E-state index contributed by atoms with van der Waals surface area (Å²) in [5, 5.41) is 5.43. The van der Waals surface area contributed by atoms with Crippen molar-refractivity contribution in [1.29, 1.82) is 0 Å². The summed E-state index contributed by atoms with van der Waals surface area (Å²) in [5.41, 5.74) is 0.122. The number of amides is 3. The van der Waals surface area contributed by atoms with Crippen LogP contribution in [0.2, 0.25) is 0 Å². The lowest BCUT2D eigenvalue weighted by Gasteiger charge is -2.16. The first-order valence-electron chi connectivity index (χ1n) is 8.77. The lowest BCUT2D eigenvalue weighted by Crippen LogP contribution is -2.35. The molecular weight excluding hydrogens is 407 g/mol. The molecule has 0 saturated heterocycles. The van der Waals surface area contributed by atoms with Gasteiger partial charge in [0, 0.05) is 13.0 Å². The molecule has 1 aliphatic carbocycles. The normalized spacial score (nSPS) is 13.1. The molecule has 3 rings (SSSR count). The van der Waals surface area contributed by atoms with E-state index in [0.29, 0.717) is 21.5 Å². The third-order valence-electron chi connectivity index (χ3n) is 4.34. The topological polar surface area (TPSA) is 78.5 Å². The summed E-state index contributed by atoms with van der Waals surface area (Å²) in [4.78, 5) is 38.0. The lowest BCUT2D eigenvalue weighted by molar-refractivity contribution is -0.117. The number of nitrogens with zero attached hydrogens (tertiary/aromatic N) is 1. The average Bonchev–Trinajstić information content (AvgIpc) is 3.45. The first kappa shape index (κ1) is 20.8. The van der Waals surface area contributed by atoms with Gasteiger partial charge in [-0.3, -0.25) is 14.4 Å². The number of halogens is 3. The third-order valence-corrected chi connectivity index (χ3v) is 5.48. The molecule has 1 aromatic heterocycles. The molecule has 2 N–H and O–H groups in total. The average molecular weight is 425 g/mol. The number of likely N-dealkylation sites (N-methyl/N-ethyl adjacent to an activating group) is 1. The molecule has 29 heavy (non-hydrogen) atoms. The van der Waals surface area contributed by atoms with E-state index in [1.165, 1.54) is 7.05 Å². The Morgan fingerprint density at radius 2 is 1.83 bits per heavy atom. The molecule has 1 saturated carbocycles. The maximum atomic E-state index is 13.7. The summed E-state index contributed by atoms with van der Waals surface area (Å²) in [7, 11) is 1.38. The van der Waals surface area contributed by atoms with E-state index in [0.717, 1.165) is 35.1 Å². The minimum atomic E-state index is -1.69. The molecule has 1 fully saturated rings. The van der Waals surface area contributed by atoms with Crippen LogP contribution in [0, 0.1) is 30.3 Å². The van der Waals surface area contributed by atoms with Gasteiger partial charge in [0.15, 0.2) is 17.5 Å². The number of carbonyl (C=O) groups excluding carboxylic acids is 3. The molecule has 1 heterocycles. The molecule has 0 unspecified atom stereocenters. The molecule has 0 spiro atoms. The van der Waals surface area contributed by atoms with Crippen LogP contribution in [0.25, 0.3) is 0 Å². The maximum absolute atomic E-state index is 13.7. The SMILES string of the molecule is Cc1cc(NC(=O)C2CC2)sc1C(=O)N(C)CC(=O)Nc1ccc(F)c(F)c1F. The number of benzene rings is 1. The number of anilines is 2. The minimum Gasteiger partial charge on any atom is -0.332 e. The Labute approximate surface area is 168 Å². The van der Waals surface area contributed by atoms with E-state index < -0.39 is 41.5 Å². The van der Waals surface area contributed by atoms with Gasteiger partial charge in [0.25, 0.3) is 5.91 Å². The first-order valence-corrected chi connectivity index (χ1v) is 9.59. The predicted molar refractivity (Wildman–Crippen MR) is 102 cm³/mol. The fourth-order valence-electron chi connectivity index (χ4n) is 2.60. The molecule has 10 heteroatoms. The van der Waals surface area contributed by atoms with Gasteiger partial charge < -0.3 is 15.5 Å². The molecule has 0 atom stereocenters. The van der Waals surface area contributed by atoms with Gasteiger partial charge in [-0.25, -0.2) is 13.2 Å². The van der Waals surface area contributed by atoms with E-state index in [1.807, 2.05) is 0 Å². The number of carbonyl (C=O) groups is 3. The van der Waals surface area contributed by atoms with Crippen molar-refractivity contribution in [2.75, 3.05) is 24.2 Å². The zero-order chi connectivity index (χ0) is 21.3. The lowest BCUT2D eigenvalue weighted by atomic mass is 10.2. The summed E-state index contributed by atoms with van der Waals surface area (Å²) in [6.07, 6.45) is 1.72. The fourth-order valence-corrected chi connectivity index (χ4v) is 3.67. The van der Waals surface area contributed by atoms with Crippen LogP contribution in [0.4, 0.5) is 23.9 Å². The van der Waals surface area contributed by atoms with E-state index in [9.17, 15) is 27.6 Å². The van der Waals surface area contributed by atoms with Crippen molar-refractivity contribution in [1.82, 2.24) is 4.90 Å². The molecule has 0 bridgehead atoms. The van der Waals surface area contributed by atoms with Gasteiger partial charge in [0.05, 0.1) is 22.1 Å². The molecule has 1 aliphatic rings. The van der Waals surface area contributed by atoms with Crippen LogP contribution in [0.15, 0.2) is 18.2 Å². The van der Waals surface area contributed by atoms with Gasteiger partial charge in [-0.1, -0.05) is 0 Å². The zero-order valence-corrected chi connectivity index (χ0v) is 16.5. The second kappa shape index (κ2) is 8.24. The summed E-state index contributed by atoms with van der Waals surface area (Å²) >= 11 is 1.10. The van der Waals surface area contributed by atoms with Gasteiger partial charge in [0.1, 0.15) is 0 Å². The summed E-state index contributed by atoms with van der Waals surface area (Å²) in [5.74, 6) is -5.86. The Morgan fingerprint density at radius 1 is 1.14 bits per heavy atom. The van der Waals surface area contributed by atoms with Crippen molar-refractivity contribution in [2.24, 2.45) is 5.92 Å².